The third-order valence-corrected chi connectivity index (χ3v) is 5.32. The predicted molar refractivity (Wildman–Crippen MR) is 130 cm³/mol. The van der Waals surface area contributed by atoms with E-state index in [9.17, 15) is 13.6 Å². The number of ether oxygens (including phenoxy) is 2. The van der Waals surface area contributed by atoms with Crippen LogP contribution < -0.4 is 10.1 Å². The summed E-state index contributed by atoms with van der Waals surface area (Å²) in [4.78, 5) is 16.1. The van der Waals surface area contributed by atoms with Crippen LogP contribution in [0.4, 0.5) is 13.6 Å². The van der Waals surface area contributed by atoms with Crippen LogP contribution in [0.1, 0.15) is 60.1 Å². The molecule has 0 spiro atoms. The minimum atomic E-state index is -2.62. The Morgan fingerprint density at radius 3 is 2.34 bits per heavy atom. The number of hydrogen-bond donors (Lipinski definition) is 1. The van der Waals surface area contributed by atoms with Gasteiger partial charge in [-0.25, -0.2) is 13.6 Å². The van der Waals surface area contributed by atoms with E-state index in [1.54, 1.807) is 6.07 Å². The van der Waals surface area contributed by atoms with E-state index >= 15 is 0 Å². The molecule has 0 bridgehead atoms. The van der Waals surface area contributed by atoms with Crippen molar-refractivity contribution < 1.29 is 23.0 Å². The van der Waals surface area contributed by atoms with Gasteiger partial charge in [-0.3, -0.25) is 4.98 Å². The molecule has 1 aromatic carbocycles. The van der Waals surface area contributed by atoms with Gasteiger partial charge >= 0.3 is 6.09 Å². The fourth-order valence-electron chi connectivity index (χ4n) is 3.38. The van der Waals surface area contributed by atoms with Gasteiger partial charge in [0.1, 0.15) is 23.7 Å². The first-order chi connectivity index (χ1) is 14.8. The second-order valence-corrected chi connectivity index (χ2v) is 10.7. The van der Waals surface area contributed by atoms with E-state index in [1.807, 2.05) is 45.9 Å². The van der Waals surface area contributed by atoms with Gasteiger partial charge in [0.15, 0.2) is 0 Å². The molecule has 8 heteroatoms. The molecule has 0 saturated carbocycles. The van der Waals surface area contributed by atoms with E-state index in [-0.39, 0.29) is 12.3 Å². The highest BCUT2D eigenvalue weighted by Crippen LogP contribution is 2.30. The highest BCUT2D eigenvalue weighted by atomic mass is 127. The van der Waals surface area contributed by atoms with Crippen molar-refractivity contribution >= 4 is 28.7 Å². The minimum absolute atomic E-state index is 0.254. The summed E-state index contributed by atoms with van der Waals surface area (Å²) in [5.41, 5.74) is -0.0176. The van der Waals surface area contributed by atoms with E-state index < -0.39 is 23.7 Å². The number of alkyl halides is 2. The molecule has 0 radical (unpaired) electrons. The summed E-state index contributed by atoms with van der Waals surface area (Å²) in [5, 5.41) is 2.96. The van der Waals surface area contributed by atoms with Crippen LogP contribution >= 0.6 is 22.6 Å². The predicted octanol–water partition coefficient (Wildman–Crippen LogP) is 7.00. The van der Waals surface area contributed by atoms with Crippen molar-refractivity contribution in [2.75, 3.05) is 6.61 Å². The smallest absolute Gasteiger partial charge is 0.408 e. The third-order valence-electron chi connectivity index (χ3n) is 4.48. The Bertz CT molecular complexity index is 932. The molecule has 32 heavy (non-hydrogen) atoms. The first-order valence-electron chi connectivity index (χ1n) is 10.5. The lowest BCUT2D eigenvalue weighted by Gasteiger charge is -2.33. The molecule has 5 nitrogen and oxygen atoms in total. The molecule has 1 amide bonds. The Morgan fingerprint density at radius 1 is 1.12 bits per heavy atom. The van der Waals surface area contributed by atoms with Crippen LogP contribution in [-0.2, 0) is 4.74 Å². The number of benzene rings is 1. The molecule has 0 fully saturated rings. The molecule has 176 valence electrons. The van der Waals surface area contributed by atoms with Gasteiger partial charge in [0.05, 0.1) is 9.11 Å². The maximum atomic E-state index is 13.0. The first kappa shape index (κ1) is 26.3. The number of pyridine rings is 1. The molecule has 1 N–H and O–H groups in total. The van der Waals surface area contributed by atoms with Gasteiger partial charge in [-0.2, -0.15) is 0 Å². The van der Waals surface area contributed by atoms with E-state index in [2.05, 4.69) is 46.7 Å². The Morgan fingerprint density at radius 2 is 1.78 bits per heavy atom. The second-order valence-electron chi connectivity index (χ2n) is 9.49. The zero-order valence-electron chi connectivity index (χ0n) is 19.3. The summed E-state index contributed by atoms with van der Waals surface area (Å²) >= 11 is 2.15. The highest BCUT2D eigenvalue weighted by molar-refractivity contribution is 14.1. The second kappa shape index (κ2) is 10.8. The van der Waals surface area contributed by atoms with Gasteiger partial charge in [-0.1, -0.05) is 19.9 Å². The largest absolute Gasteiger partial charge is 0.490 e. The molecule has 0 aliphatic carbocycles. The van der Waals surface area contributed by atoms with Crippen LogP contribution in [0.15, 0.2) is 36.5 Å². The standard InChI is InChI=1S/C24H31F2IN2O3/c1-15(2)13-24(6,29-22(30)32-23(3,4)5)14-31-20-8-7-16(11-18(20)27)17-9-10-28-19(12-17)21(25)26/h7-12,15,21H,13-14H2,1-6H3,(H,29,30)/t24-/m0/s1. The molecular formula is C24H31F2IN2O3. The van der Waals surface area contributed by atoms with Crippen molar-refractivity contribution in [2.45, 2.75) is 65.5 Å². The van der Waals surface area contributed by atoms with Crippen LogP contribution in [0, 0.1) is 9.49 Å². The Hall–Kier alpha value is -1.97. The van der Waals surface area contributed by atoms with E-state index in [4.69, 9.17) is 9.47 Å². The quantitative estimate of drug-likeness (QED) is 0.354. The van der Waals surface area contributed by atoms with E-state index in [0.717, 1.165) is 9.13 Å². The number of aromatic nitrogens is 1. The summed E-state index contributed by atoms with van der Waals surface area (Å²) < 4.78 is 38.3. The van der Waals surface area contributed by atoms with Crippen molar-refractivity contribution in [3.63, 3.8) is 0 Å². The topological polar surface area (TPSA) is 60.5 Å². The van der Waals surface area contributed by atoms with Gasteiger partial charge in [-0.15, -0.1) is 0 Å². The number of nitrogens with zero attached hydrogens (tertiary/aromatic N) is 1. The lowest BCUT2D eigenvalue weighted by molar-refractivity contribution is 0.0407. The number of rotatable bonds is 8. The number of carbonyl (C=O) groups is 1. The van der Waals surface area contributed by atoms with Gasteiger partial charge in [0, 0.05) is 6.20 Å². The normalized spacial score (nSPS) is 13.7. The van der Waals surface area contributed by atoms with Crippen molar-refractivity contribution in [3.8, 4) is 16.9 Å². The first-order valence-corrected chi connectivity index (χ1v) is 11.5. The number of carbonyl (C=O) groups excluding carboxylic acids is 1. The monoisotopic (exact) mass is 560 g/mol. The molecule has 0 unspecified atom stereocenters. The van der Waals surface area contributed by atoms with Gasteiger partial charge < -0.3 is 14.8 Å². The van der Waals surface area contributed by atoms with Gasteiger partial charge in [0.2, 0.25) is 0 Å². The number of hydrogen-bond acceptors (Lipinski definition) is 4. The summed E-state index contributed by atoms with van der Waals surface area (Å²) in [7, 11) is 0. The summed E-state index contributed by atoms with van der Waals surface area (Å²) in [6, 6.07) is 8.59. The SMILES string of the molecule is CC(C)C[C@@](C)(COc1ccc(-c2ccnc(C(F)F)c2)cc1I)NC(=O)OC(C)(C)C. The van der Waals surface area contributed by atoms with Crippen molar-refractivity contribution in [3.05, 3.63) is 45.8 Å². The minimum Gasteiger partial charge on any atom is -0.490 e. The van der Waals surface area contributed by atoms with E-state index in [1.165, 1.54) is 12.3 Å². The molecule has 2 rings (SSSR count). The fraction of sp³-hybridized carbons (Fsp3) is 0.500. The number of alkyl carbamates (subject to hydrolysis) is 1. The molecule has 2 aromatic rings. The average molecular weight is 560 g/mol. The summed E-state index contributed by atoms with van der Waals surface area (Å²) in [6.07, 6.45) is -1.02. The van der Waals surface area contributed by atoms with Crippen molar-refractivity contribution in [1.82, 2.24) is 10.3 Å². The Balaban J connectivity index is 2.16. The molecular weight excluding hydrogens is 529 g/mol. The molecule has 1 heterocycles. The molecule has 1 aromatic heterocycles. The van der Waals surface area contributed by atoms with Crippen LogP contribution in [0.5, 0.6) is 5.75 Å². The number of amides is 1. The fourth-order valence-corrected chi connectivity index (χ4v) is 4.05. The van der Waals surface area contributed by atoms with Crippen LogP contribution in [0.25, 0.3) is 11.1 Å². The summed E-state index contributed by atoms with van der Waals surface area (Å²) in [5.74, 6) is 0.981. The molecule has 0 aliphatic heterocycles. The lowest BCUT2D eigenvalue weighted by atomic mass is 9.91. The zero-order valence-corrected chi connectivity index (χ0v) is 21.5. The molecule has 1 atom stereocenters. The zero-order chi connectivity index (χ0) is 24.1. The van der Waals surface area contributed by atoms with Gasteiger partial charge in [0.25, 0.3) is 6.43 Å². The lowest BCUT2D eigenvalue weighted by Crippen LogP contribution is -2.52. The maximum absolute atomic E-state index is 13.0. The maximum Gasteiger partial charge on any atom is 0.408 e. The van der Waals surface area contributed by atoms with Gasteiger partial charge in [-0.05, 0) is 98.0 Å². The van der Waals surface area contributed by atoms with Crippen LogP contribution in [0.3, 0.4) is 0 Å². The Kier molecular flexibility index (Phi) is 8.84. The average Bonchev–Trinajstić information content (AvgIpc) is 2.64. The number of halogens is 3. The molecule has 0 aliphatic rings. The van der Waals surface area contributed by atoms with Crippen molar-refractivity contribution in [1.29, 1.82) is 0 Å². The number of nitrogens with one attached hydrogen (secondary N) is 1. The van der Waals surface area contributed by atoms with Crippen molar-refractivity contribution in [2.24, 2.45) is 5.92 Å². The highest BCUT2D eigenvalue weighted by Gasteiger charge is 2.31. The van der Waals surface area contributed by atoms with Crippen LogP contribution in [0.2, 0.25) is 0 Å². The molecule has 0 saturated heterocycles. The van der Waals surface area contributed by atoms with E-state index in [0.29, 0.717) is 23.7 Å². The Labute approximate surface area is 202 Å². The third kappa shape index (κ3) is 8.18. The summed E-state index contributed by atoms with van der Waals surface area (Å²) in [6.45, 7) is 11.8. The van der Waals surface area contributed by atoms with Crippen LogP contribution in [-0.4, -0.2) is 28.8 Å².